The highest BCUT2D eigenvalue weighted by Gasteiger charge is 2.48. The number of fused-ring (bicyclic) bond motifs is 2. The number of ether oxygens (including phenoxy) is 2. The van der Waals surface area contributed by atoms with Gasteiger partial charge >= 0.3 is 5.97 Å². The number of carboxylic acid groups (broad SMARTS) is 1. The van der Waals surface area contributed by atoms with E-state index >= 15 is 0 Å². The average molecular weight is 370 g/mol. The second-order valence-electron chi connectivity index (χ2n) is 6.56. The van der Waals surface area contributed by atoms with Gasteiger partial charge in [-0.3, -0.25) is 0 Å². The number of hydrogen-bond donors (Lipinski definition) is 4. The molecule has 0 bridgehead atoms. The van der Waals surface area contributed by atoms with Gasteiger partial charge in [0.25, 0.3) is 0 Å². The maximum atomic E-state index is 11.2. The molecule has 1 aliphatic rings. The summed E-state index contributed by atoms with van der Waals surface area (Å²) in [6.07, 6.45) is -8.17. The van der Waals surface area contributed by atoms with Crippen molar-refractivity contribution in [1.82, 2.24) is 0 Å². The van der Waals surface area contributed by atoms with Crippen LogP contribution in [-0.2, 0) is 9.53 Å². The standard InChI is InChI=1S/C20H18O7/c21-15-16(22)18(19(24)25)27-20(17(15)23)26-14-6-5-12-7-10-3-1-2-4-11(10)8-13(12)9-14/h1-9,15-18,20-23H,(H,24,25)/t15-,16-,17+,18-,20+/m0/s1. The number of hydrogen-bond acceptors (Lipinski definition) is 6. The van der Waals surface area contributed by atoms with Gasteiger partial charge in [0.15, 0.2) is 6.10 Å². The third-order valence-corrected chi connectivity index (χ3v) is 4.74. The van der Waals surface area contributed by atoms with E-state index in [-0.39, 0.29) is 0 Å². The maximum Gasteiger partial charge on any atom is 0.335 e. The zero-order valence-electron chi connectivity index (χ0n) is 14.1. The molecule has 0 aliphatic carbocycles. The summed E-state index contributed by atoms with van der Waals surface area (Å²) in [4.78, 5) is 11.2. The van der Waals surface area contributed by atoms with E-state index in [1.165, 1.54) is 0 Å². The number of aliphatic hydroxyl groups is 3. The number of aliphatic hydroxyl groups excluding tert-OH is 3. The van der Waals surface area contributed by atoms with Crippen molar-refractivity contribution in [3.05, 3.63) is 54.6 Å². The second-order valence-corrected chi connectivity index (χ2v) is 6.56. The predicted molar refractivity (Wildman–Crippen MR) is 96.4 cm³/mol. The van der Waals surface area contributed by atoms with Crippen molar-refractivity contribution < 1.29 is 34.7 Å². The lowest BCUT2D eigenvalue weighted by atomic mass is 9.99. The number of benzene rings is 3. The van der Waals surface area contributed by atoms with Gasteiger partial charge in [-0.05, 0) is 45.8 Å². The Hall–Kier alpha value is -2.71. The molecule has 3 aromatic rings. The Morgan fingerprint density at radius 1 is 0.815 bits per heavy atom. The largest absolute Gasteiger partial charge is 0.479 e. The third-order valence-electron chi connectivity index (χ3n) is 4.74. The Labute approximate surface area is 154 Å². The molecule has 7 nitrogen and oxygen atoms in total. The van der Waals surface area contributed by atoms with Crippen molar-refractivity contribution in [2.45, 2.75) is 30.7 Å². The molecule has 27 heavy (non-hydrogen) atoms. The van der Waals surface area contributed by atoms with E-state index in [1.54, 1.807) is 12.1 Å². The maximum absolute atomic E-state index is 11.2. The first-order valence-electron chi connectivity index (χ1n) is 8.46. The van der Waals surface area contributed by atoms with Gasteiger partial charge in [-0.25, -0.2) is 4.79 Å². The Bertz CT molecular complexity index is 1000. The summed E-state index contributed by atoms with van der Waals surface area (Å²) in [5.41, 5.74) is 0. The summed E-state index contributed by atoms with van der Waals surface area (Å²) in [6, 6.07) is 17.2. The summed E-state index contributed by atoms with van der Waals surface area (Å²) in [5.74, 6) is -1.11. The highest BCUT2D eigenvalue weighted by molar-refractivity contribution is 5.98. The van der Waals surface area contributed by atoms with E-state index in [4.69, 9.17) is 14.6 Å². The highest BCUT2D eigenvalue weighted by atomic mass is 16.7. The molecule has 1 fully saturated rings. The van der Waals surface area contributed by atoms with Crippen molar-refractivity contribution in [1.29, 1.82) is 0 Å². The van der Waals surface area contributed by atoms with Gasteiger partial charge in [0.2, 0.25) is 6.29 Å². The molecule has 1 saturated heterocycles. The van der Waals surface area contributed by atoms with Crippen molar-refractivity contribution in [3.8, 4) is 5.75 Å². The van der Waals surface area contributed by atoms with Crippen molar-refractivity contribution in [2.24, 2.45) is 0 Å². The van der Waals surface area contributed by atoms with Gasteiger partial charge in [-0.15, -0.1) is 0 Å². The lowest BCUT2D eigenvalue weighted by molar-refractivity contribution is -0.271. The summed E-state index contributed by atoms with van der Waals surface area (Å²) in [5, 5.41) is 42.8. The van der Waals surface area contributed by atoms with E-state index in [2.05, 4.69) is 0 Å². The third kappa shape index (κ3) is 3.22. The molecule has 1 heterocycles. The van der Waals surface area contributed by atoms with E-state index in [0.717, 1.165) is 21.5 Å². The van der Waals surface area contributed by atoms with E-state index < -0.39 is 36.7 Å². The number of carboxylic acids is 1. The summed E-state index contributed by atoms with van der Waals surface area (Å²) < 4.78 is 10.7. The second kappa shape index (κ2) is 6.79. The van der Waals surface area contributed by atoms with Gasteiger partial charge < -0.3 is 29.9 Å². The molecule has 0 saturated carbocycles. The Balaban J connectivity index is 1.64. The van der Waals surface area contributed by atoms with E-state index in [0.29, 0.717) is 5.75 Å². The smallest absolute Gasteiger partial charge is 0.335 e. The van der Waals surface area contributed by atoms with Crippen LogP contribution in [0.3, 0.4) is 0 Å². The predicted octanol–water partition coefficient (Wildman–Crippen LogP) is 1.26. The van der Waals surface area contributed by atoms with Crippen LogP contribution in [0.25, 0.3) is 21.5 Å². The fraction of sp³-hybridized carbons (Fsp3) is 0.250. The molecule has 5 atom stereocenters. The van der Waals surface area contributed by atoms with Crippen LogP contribution in [0.2, 0.25) is 0 Å². The summed E-state index contributed by atoms with van der Waals surface area (Å²) >= 11 is 0. The lowest BCUT2D eigenvalue weighted by Crippen LogP contribution is -2.61. The molecule has 0 spiro atoms. The number of rotatable bonds is 3. The zero-order chi connectivity index (χ0) is 19.1. The van der Waals surface area contributed by atoms with E-state index in [1.807, 2.05) is 42.5 Å². The summed E-state index contributed by atoms with van der Waals surface area (Å²) in [6.45, 7) is 0. The van der Waals surface area contributed by atoms with Crippen LogP contribution in [0.15, 0.2) is 54.6 Å². The van der Waals surface area contributed by atoms with E-state index in [9.17, 15) is 20.1 Å². The SMILES string of the molecule is O=C(O)[C@H]1O[C@@H](Oc2ccc3cc4ccccc4cc3c2)[C@H](O)[C@@H](O)[C@@H]1O. The fourth-order valence-electron chi connectivity index (χ4n) is 3.27. The first kappa shape index (κ1) is 17.7. The summed E-state index contributed by atoms with van der Waals surface area (Å²) in [7, 11) is 0. The molecular formula is C20H18O7. The Morgan fingerprint density at radius 3 is 2.11 bits per heavy atom. The quantitative estimate of drug-likeness (QED) is 0.513. The molecule has 1 aliphatic heterocycles. The van der Waals surface area contributed by atoms with Gasteiger partial charge in [0.05, 0.1) is 0 Å². The van der Waals surface area contributed by atoms with Crippen molar-refractivity contribution in [2.75, 3.05) is 0 Å². The number of aliphatic carboxylic acids is 1. The molecule has 4 rings (SSSR count). The first-order chi connectivity index (χ1) is 12.9. The Morgan fingerprint density at radius 2 is 1.44 bits per heavy atom. The topological polar surface area (TPSA) is 116 Å². The zero-order valence-corrected chi connectivity index (χ0v) is 14.1. The Kier molecular flexibility index (Phi) is 4.45. The van der Waals surface area contributed by atoms with Crippen LogP contribution < -0.4 is 4.74 Å². The first-order valence-corrected chi connectivity index (χ1v) is 8.46. The molecule has 140 valence electrons. The molecule has 4 N–H and O–H groups in total. The van der Waals surface area contributed by atoms with Gasteiger partial charge in [-0.2, -0.15) is 0 Å². The van der Waals surface area contributed by atoms with Crippen molar-refractivity contribution in [3.63, 3.8) is 0 Å². The molecule has 3 aromatic carbocycles. The molecule has 7 heteroatoms. The van der Waals surface area contributed by atoms with Crippen LogP contribution in [-0.4, -0.2) is 57.1 Å². The van der Waals surface area contributed by atoms with Crippen LogP contribution >= 0.6 is 0 Å². The number of carbonyl (C=O) groups is 1. The molecule has 0 amide bonds. The monoisotopic (exact) mass is 370 g/mol. The van der Waals surface area contributed by atoms with Crippen LogP contribution in [0.5, 0.6) is 5.75 Å². The van der Waals surface area contributed by atoms with Crippen LogP contribution in [0.4, 0.5) is 0 Å². The lowest BCUT2D eigenvalue weighted by Gasteiger charge is -2.38. The normalized spacial score (nSPS) is 28.3. The molecule has 0 aromatic heterocycles. The fourth-order valence-corrected chi connectivity index (χ4v) is 3.27. The highest BCUT2D eigenvalue weighted by Crippen LogP contribution is 2.29. The molecular weight excluding hydrogens is 352 g/mol. The van der Waals surface area contributed by atoms with Gasteiger partial charge in [0, 0.05) is 0 Å². The minimum Gasteiger partial charge on any atom is -0.479 e. The van der Waals surface area contributed by atoms with Crippen LogP contribution in [0, 0.1) is 0 Å². The minimum absolute atomic E-state index is 0.342. The van der Waals surface area contributed by atoms with Crippen molar-refractivity contribution >= 4 is 27.5 Å². The van der Waals surface area contributed by atoms with Gasteiger partial charge in [0.1, 0.15) is 24.1 Å². The van der Waals surface area contributed by atoms with Gasteiger partial charge in [-0.1, -0.05) is 30.3 Å². The molecule has 0 unspecified atom stereocenters. The minimum atomic E-state index is -1.75. The molecule has 0 radical (unpaired) electrons. The van der Waals surface area contributed by atoms with Crippen LogP contribution in [0.1, 0.15) is 0 Å². The average Bonchev–Trinajstić information content (AvgIpc) is 2.66.